The minimum atomic E-state index is -0.191. The fourth-order valence-electron chi connectivity index (χ4n) is 3.54. The molecule has 0 bridgehead atoms. The number of nitrogens with zero attached hydrogens (tertiary/aromatic N) is 2. The molecule has 5 heteroatoms. The predicted octanol–water partition coefficient (Wildman–Crippen LogP) is 3.16. The Hall–Kier alpha value is -1.49. The third kappa shape index (κ3) is 3.39. The van der Waals surface area contributed by atoms with Crippen LogP contribution in [0.4, 0.5) is 5.69 Å². The number of thioether (sulfide) groups is 1. The van der Waals surface area contributed by atoms with E-state index in [2.05, 4.69) is 6.92 Å². The lowest BCUT2D eigenvalue weighted by Crippen LogP contribution is -2.45. The summed E-state index contributed by atoms with van der Waals surface area (Å²) in [6.07, 6.45) is 5.72. The van der Waals surface area contributed by atoms with E-state index in [4.69, 9.17) is 0 Å². The van der Waals surface area contributed by atoms with E-state index in [1.54, 1.807) is 16.7 Å². The molecular weight excluding hydrogens is 308 g/mol. The molecule has 124 valence electrons. The molecule has 1 aromatic rings. The summed E-state index contributed by atoms with van der Waals surface area (Å²) in [5, 5.41) is 0. The van der Waals surface area contributed by atoms with Crippen LogP contribution >= 0.6 is 11.8 Å². The van der Waals surface area contributed by atoms with E-state index in [1.165, 1.54) is 11.3 Å². The van der Waals surface area contributed by atoms with Gasteiger partial charge in [0, 0.05) is 36.1 Å². The molecule has 2 heterocycles. The largest absolute Gasteiger partial charge is 0.340 e. The second-order valence-electron chi connectivity index (χ2n) is 6.48. The predicted molar refractivity (Wildman–Crippen MR) is 93.7 cm³/mol. The van der Waals surface area contributed by atoms with E-state index >= 15 is 0 Å². The smallest absolute Gasteiger partial charge is 0.228 e. The summed E-state index contributed by atoms with van der Waals surface area (Å²) in [4.78, 5) is 30.1. The van der Waals surface area contributed by atoms with Crippen LogP contribution in [0.1, 0.15) is 32.6 Å². The molecule has 2 fully saturated rings. The van der Waals surface area contributed by atoms with Crippen molar-refractivity contribution < 1.29 is 9.59 Å². The van der Waals surface area contributed by atoms with E-state index < -0.39 is 0 Å². The molecule has 0 aromatic heterocycles. The maximum Gasteiger partial charge on any atom is 0.228 e. The summed E-state index contributed by atoms with van der Waals surface area (Å²) in [7, 11) is 0. The first kappa shape index (κ1) is 16.4. The first-order valence-corrected chi connectivity index (χ1v) is 9.57. The van der Waals surface area contributed by atoms with Crippen molar-refractivity contribution >= 4 is 29.3 Å². The van der Waals surface area contributed by atoms with Gasteiger partial charge in [0.1, 0.15) is 0 Å². The summed E-state index contributed by atoms with van der Waals surface area (Å²) in [6, 6.07) is 8.30. The molecule has 2 aliphatic rings. The molecule has 2 atom stereocenters. The topological polar surface area (TPSA) is 40.6 Å². The maximum absolute atomic E-state index is 12.8. The van der Waals surface area contributed by atoms with Crippen molar-refractivity contribution in [3.05, 3.63) is 24.3 Å². The van der Waals surface area contributed by atoms with Gasteiger partial charge in [0.25, 0.3) is 0 Å². The van der Waals surface area contributed by atoms with Gasteiger partial charge in [-0.1, -0.05) is 0 Å². The lowest BCUT2D eigenvalue weighted by atomic mass is 9.99. The van der Waals surface area contributed by atoms with Gasteiger partial charge < -0.3 is 9.80 Å². The number of benzene rings is 1. The zero-order chi connectivity index (χ0) is 16.4. The first-order valence-electron chi connectivity index (χ1n) is 8.35. The highest BCUT2D eigenvalue weighted by Crippen LogP contribution is 2.29. The summed E-state index contributed by atoms with van der Waals surface area (Å²) in [6.45, 7) is 3.47. The van der Waals surface area contributed by atoms with Gasteiger partial charge in [0.05, 0.1) is 5.92 Å². The molecular formula is C18H24N2O2S. The van der Waals surface area contributed by atoms with E-state index in [1.807, 2.05) is 35.4 Å². The van der Waals surface area contributed by atoms with Crippen LogP contribution < -0.4 is 4.90 Å². The molecule has 2 amide bonds. The van der Waals surface area contributed by atoms with Crippen LogP contribution in [-0.2, 0) is 9.59 Å². The molecule has 23 heavy (non-hydrogen) atoms. The molecule has 2 saturated heterocycles. The zero-order valence-electron chi connectivity index (χ0n) is 13.8. The number of hydrogen-bond donors (Lipinski definition) is 0. The molecule has 0 unspecified atom stereocenters. The fourth-order valence-corrected chi connectivity index (χ4v) is 3.95. The van der Waals surface area contributed by atoms with Gasteiger partial charge >= 0.3 is 0 Å². The summed E-state index contributed by atoms with van der Waals surface area (Å²) in [5.74, 6) is 0.0296. The van der Waals surface area contributed by atoms with Crippen LogP contribution in [0.15, 0.2) is 29.2 Å². The number of likely N-dealkylation sites (tertiary alicyclic amines) is 1. The highest BCUT2D eigenvalue weighted by Gasteiger charge is 2.38. The molecule has 0 N–H and O–H groups in total. The average Bonchev–Trinajstić information content (AvgIpc) is 2.96. The Morgan fingerprint density at radius 3 is 2.61 bits per heavy atom. The highest BCUT2D eigenvalue weighted by atomic mass is 32.2. The number of anilines is 1. The lowest BCUT2D eigenvalue weighted by Gasteiger charge is -2.35. The highest BCUT2D eigenvalue weighted by molar-refractivity contribution is 7.98. The van der Waals surface area contributed by atoms with Crippen molar-refractivity contribution in [3.8, 4) is 0 Å². The molecule has 0 aliphatic carbocycles. The Labute approximate surface area is 142 Å². The Bertz CT molecular complexity index is 587. The number of hydrogen-bond acceptors (Lipinski definition) is 3. The monoisotopic (exact) mass is 332 g/mol. The molecule has 0 saturated carbocycles. The third-order valence-electron chi connectivity index (χ3n) is 4.94. The number of rotatable bonds is 3. The van der Waals surface area contributed by atoms with Crippen LogP contribution in [0.25, 0.3) is 0 Å². The molecule has 2 aliphatic heterocycles. The number of carbonyl (C=O) groups excluding carboxylic acids is 2. The second-order valence-corrected chi connectivity index (χ2v) is 7.36. The third-order valence-corrected chi connectivity index (χ3v) is 5.69. The van der Waals surface area contributed by atoms with E-state index in [-0.39, 0.29) is 17.7 Å². The van der Waals surface area contributed by atoms with Crippen LogP contribution in [0.3, 0.4) is 0 Å². The SMILES string of the molecule is CSc1ccc(N2C[C@H](C(=O)N3CCCC[C@H]3C)CC2=O)cc1. The fraction of sp³-hybridized carbons (Fsp3) is 0.556. The van der Waals surface area contributed by atoms with Crippen LogP contribution in [-0.4, -0.2) is 42.1 Å². The molecule has 4 nitrogen and oxygen atoms in total. The Morgan fingerprint density at radius 2 is 1.96 bits per heavy atom. The number of piperidine rings is 1. The maximum atomic E-state index is 12.8. The van der Waals surface area contributed by atoms with Crippen LogP contribution in [0.2, 0.25) is 0 Å². The van der Waals surface area contributed by atoms with Gasteiger partial charge in [-0.25, -0.2) is 0 Å². The normalized spacial score (nSPS) is 25.0. The molecule has 0 spiro atoms. The Balaban J connectivity index is 1.70. The first-order chi connectivity index (χ1) is 11.1. The summed E-state index contributed by atoms with van der Waals surface area (Å²) < 4.78 is 0. The van der Waals surface area contributed by atoms with Crippen molar-refractivity contribution in [2.24, 2.45) is 5.92 Å². The van der Waals surface area contributed by atoms with Gasteiger partial charge in [-0.3, -0.25) is 9.59 Å². The molecule has 1 aromatic carbocycles. The van der Waals surface area contributed by atoms with E-state index in [9.17, 15) is 9.59 Å². The van der Waals surface area contributed by atoms with Crippen LogP contribution in [0.5, 0.6) is 0 Å². The minimum absolute atomic E-state index is 0.0601. The van der Waals surface area contributed by atoms with Crippen molar-refractivity contribution in [2.75, 3.05) is 24.2 Å². The lowest BCUT2D eigenvalue weighted by molar-refractivity contribution is -0.139. The van der Waals surface area contributed by atoms with Gasteiger partial charge in [-0.2, -0.15) is 0 Å². The van der Waals surface area contributed by atoms with Crippen molar-refractivity contribution in [3.63, 3.8) is 0 Å². The van der Waals surface area contributed by atoms with Gasteiger partial charge in [-0.05, 0) is 56.7 Å². The summed E-state index contributed by atoms with van der Waals surface area (Å²) >= 11 is 1.68. The quantitative estimate of drug-likeness (QED) is 0.798. The molecule has 3 rings (SSSR count). The van der Waals surface area contributed by atoms with Gasteiger partial charge in [-0.15, -0.1) is 11.8 Å². The number of carbonyl (C=O) groups is 2. The van der Waals surface area contributed by atoms with Crippen LogP contribution in [0, 0.1) is 5.92 Å². The van der Waals surface area contributed by atoms with Gasteiger partial charge in [0.15, 0.2) is 0 Å². The minimum Gasteiger partial charge on any atom is -0.340 e. The van der Waals surface area contributed by atoms with E-state index in [0.717, 1.165) is 25.1 Å². The summed E-state index contributed by atoms with van der Waals surface area (Å²) in [5.41, 5.74) is 0.898. The Morgan fingerprint density at radius 1 is 1.22 bits per heavy atom. The second kappa shape index (κ2) is 6.95. The molecule has 0 radical (unpaired) electrons. The van der Waals surface area contributed by atoms with Gasteiger partial charge in [0.2, 0.25) is 11.8 Å². The van der Waals surface area contributed by atoms with Crippen molar-refractivity contribution in [1.29, 1.82) is 0 Å². The van der Waals surface area contributed by atoms with Crippen molar-refractivity contribution in [2.45, 2.75) is 43.5 Å². The Kier molecular flexibility index (Phi) is 4.95. The van der Waals surface area contributed by atoms with E-state index in [0.29, 0.717) is 19.0 Å². The van der Waals surface area contributed by atoms with Crippen molar-refractivity contribution in [1.82, 2.24) is 4.90 Å². The number of amides is 2. The zero-order valence-corrected chi connectivity index (χ0v) is 14.6. The standard InChI is InChI=1S/C18H24N2O2S/c1-13-5-3-4-10-19(13)18(22)14-11-17(21)20(12-14)15-6-8-16(23-2)9-7-15/h6-9,13-14H,3-5,10-12H2,1-2H3/t13-,14-/m1/s1. The average molecular weight is 332 g/mol.